The van der Waals surface area contributed by atoms with E-state index in [1.54, 1.807) is 24.5 Å². The molecule has 2 aliphatic heterocycles. The summed E-state index contributed by atoms with van der Waals surface area (Å²) in [5, 5.41) is 3.81. The van der Waals surface area contributed by atoms with Crippen molar-refractivity contribution >= 4 is 17.5 Å². The smallest absolute Gasteiger partial charge is 0.251 e. The third-order valence-corrected chi connectivity index (χ3v) is 5.55. The van der Waals surface area contributed by atoms with Crippen molar-refractivity contribution in [3.63, 3.8) is 0 Å². The van der Waals surface area contributed by atoms with Crippen LogP contribution in [0.5, 0.6) is 0 Å². The Morgan fingerprint density at radius 1 is 1.19 bits per heavy atom. The summed E-state index contributed by atoms with van der Waals surface area (Å²) in [5.74, 6) is 0.785. The summed E-state index contributed by atoms with van der Waals surface area (Å²) in [5.41, 5.74) is 1.91. The lowest BCUT2D eigenvalue weighted by Crippen LogP contribution is -2.34. The number of carbonyl (C=O) groups is 1. The molecule has 2 fully saturated rings. The van der Waals surface area contributed by atoms with Crippen molar-refractivity contribution in [1.29, 1.82) is 0 Å². The molecule has 1 N–H and O–H groups in total. The number of halogens is 1. The highest BCUT2D eigenvalue weighted by molar-refractivity contribution is 6.30. The Bertz CT molecular complexity index is 753. The van der Waals surface area contributed by atoms with Gasteiger partial charge in [-0.2, -0.15) is 0 Å². The van der Waals surface area contributed by atoms with Gasteiger partial charge in [-0.1, -0.05) is 23.7 Å². The first-order chi connectivity index (χ1) is 12.7. The number of hydrogen-bond acceptors (Lipinski definition) is 4. The Hall–Kier alpha value is -1.95. The van der Waals surface area contributed by atoms with Gasteiger partial charge in [0, 0.05) is 61.0 Å². The molecule has 0 saturated carbocycles. The molecule has 26 heavy (non-hydrogen) atoms. The molecule has 3 heterocycles. The van der Waals surface area contributed by atoms with Crippen molar-refractivity contribution < 1.29 is 9.53 Å². The van der Waals surface area contributed by atoms with Crippen LogP contribution in [0.15, 0.2) is 48.8 Å². The van der Waals surface area contributed by atoms with Gasteiger partial charge >= 0.3 is 0 Å². The minimum atomic E-state index is -0.0492. The number of carbonyl (C=O) groups excluding carboxylic acids is 1. The van der Waals surface area contributed by atoms with Crippen LogP contribution < -0.4 is 5.32 Å². The van der Waals surface area contributed by atoms with Crippen molar-refractivity contribution in [3.05, 3.63) is 64.9 Å². The van der Waals surface area contributed by atoms with Gasteiger partial charge in [-0.25, -0.2) is 0 Å². The molecule has 4 rings (SSSR count). The summed E-state index contributed by atoms with van der Waals surface area (Å²) >= 11 is 5.96. The van der Waals surface area contributed by atoms with E-state index in [2.05, 4.69) is 27.3 Å². The third-order valence-electron chi connectivity index (χ3n) is 5.30. The van der Waals surface area contributed by atoms with Gasteiger partial charge in [0.25, 0.3) is 5.91 Å². The number of nitrogens with zero attached hydrogens (tertiary/aromatic N) is 2. The predicted molar refractivity (Wildman–Crippen MR) is 100 cm³/mol. The summed E-state index contributed by atoms with van der Waals surface area (Å²) in [6.07, 6.45) is 3.54. The van der Waals surface area contributed by atoms with Gasteiger partial charge < -0.3 is 10.1 Å². The number of aromatic nitrogens is 1. The molecule has 136 valence electrons. The first kappa shape index (κ1) is 17.5. The number of nitrogens with one attached hydrogen (secondary N) is 1. The number of pyridine rings is 1. The fourth-order valence-electron chi connectivity index (χ4n) is 3.90. The zero-order valence-corrected chi connectivity index (χ0v) is 15.2. The molecule has 0 spiro atoms. The Kier molecular flexibility index (Phi) is 5.20. The molecule has 1 aromatic carbocycles. The highest BCUT2D eigenvalue weighted by Crippen LogP contribution is 2.34. The van der Waals surface area contributed by atoms with E-state index in [0.717, 1.165) is 31.3 Å². The molecular weight excluding hydrogens is 350 g/mol. The van der Waals surface area contributed by atoms with Crippen LogP contribution in [0.1, 0.15) is 15.9 Å². The van der Waals surface area contributed by atoms with E-state index in [1.165, 1.54) is 5.56 Å². The van der Waals surface area contributed by atoms with Crippen LogP contribution in [-0.4, -0.2) is 48.1 Å². The van der Waals surface area contributed by atoms with Gasteiger partial charge in [-0.3, -0.25) is 14.7 Å². The van der Waals surface area contributed by atoms with Gasteiger partial charge in [0.1, 0.15) is 0 Å². The SMILES string of the molecule is O=C(NC[C@@H]1CO[C@@H]2CN(Cc3ccc(Cl)cc3)C[C@H]12)c1ccncc1. The van der Waals surface area contributed by atoms with Crippen LogP contribution in [0.25, 0.3) is 0 Å². The summed E-state index contributed by atoms with van der Waals surface area (Å²) in [6, 6.07) is 11.5. The molecule has 3 atom stereocenters. The number of fused-ring (bicyclic) bond motifs is 1. The molecule has 6 heteroatoms. The maximum absolute atomic E-state index is 12.2. The van der Waals surface area contributed by atoms with Crippen molar-refractivity contribution in [1.82, 2.24) is 15.2 Å². The van der Waals surface area contributed by atoms with Crippen LogP contribution in [0, 0.1) is 11.8 Å². The van der Waals surface area contributed by atoms with E-state index >= 15 is 0 Å². The molecule has 5 nitrogen and oxygen atoms in total. The average molecular weight is 372 g/mol. The normalized spacial score (nSPS) is 25.2. The van der Waals surface area contributed by atoms with Crippen molar-refractivity contribution in [2.24, 2.45) is 11.8 Å². The van der Waals surface area contributed by atoms with E-state index in [9.17, 15) is 4.79 Å². The topological polar surface area (TPSA) is 54.5 Å². The van der Waals surface area contributed by atoms with Crippen LogP contribution in [0.3, 0.4) is 0 Å². The van der Waals surface area contributed by atoms with Gasteiger partial charge in [0.05, 0.1) is 12.7 Å². The second kappa shape index (κ2) is 7.74. The monoisotopic (exact) mass is 371 g/mol. The highest BCUT2D eigenvalue weighted by atomic mass is 35.5. The number of amides is 1. The van der Waals surface area contributed by atoms with Crippen LogP contribution in [-0.2, 0) is 11.3 Å². The summed E-state index contributed by atoms with van der Waals surface area (Å²) < 4.78 is 5.99. The maximum atomic E-state index is 12.2. The van der Waals surface area contributed by atoms with Crippen LogP contribution in [0.4, 0.5) is 0 Å². The first-order valence-electron chi connectivity index (χ1n) is 8.95. The molecule has 2 saturated heterocycles. The van der Waals surface area contributed by atoms with Crippen molar-refractivity contribution in [3.8, 4) is 0 Å². The predicted octanol–water partition coefficient (Wildman–Crippen LogP) is 2.61. The summed E-state index contributed by atoms with van der Waals surface area (Å²) in [4.78, 5) is 18.6. The molecule has 0 bridgehead atoms. The van der Waals surface area contributed by atoms with Gasteiger partial charge in [-0.15, -0.1) is 0 Å². The first-order valence-corrected chi connectivity index (χ1v) is 9.33. The lowest BCUT2D eigenvalue weighted by atomic mass is 9.93. The summed E-state index contributed by atoms with van der Waals surface area (Å²) in [6.45, 7) is 4.23. The number of benzene rings is 1. The molecule has 0 unspecified atom stereocenters. The molecule has 1 aromatic heterocycles. The van der Waals surface area contributed by atoms with E-state index in [1.807, 2.05) is 12.1 Å². The molecule has 0 radical (unpaired) electrons. The largest absolute Gasteiger partial charge is 0.376 e. The molecule has 1 amide bonds. The lowest BCUT2D eigenvalue weighted by Gasteiger charge is -2.20. The Morgan fingerprint density at radius 3 is 2.73 bits per heavy atom. The minimum Gasteiger partial charge on any atom is -0.376 e. The quantitative estimate of drug-likeness (QED) is 0.877. The van der Waals surface area contributed by atoms with Gasteiger partial charge in [0.15, 0.2) is 0 Å². The highest BCUT2D eigenvalue weighted by Gasteiger charge is 2.43. The van der Waals surface area contributed by atoms with Crippen LogP contribution in [0.2, 0.25) is 5.02 Å². The number of ether oxygens (including phenoxy) is 1. The zero-order valence-electron chi connectivity index (χ0n) is 14.5. The van der Waals surface area contributed by atoms with E-state index in [-0.39, 0.29) is 12.0 Å². The second-order valence-electron chi connectivity index (χ2n) is 7.06. The molecule has 2 aliphatic rings. The maximum Gasteiger partial charge on any atom is 0.251 e. The standard InChI is InChI=1S/C20H22ClN3O2/c21-17-3-1-14(2-4-17)10-24-11-18-16(13-26-19(18)12-24)9-23-20(25)15-5-7-22-8-6-15/h1-8,16,18-19H,9-13H2,(H,23,25)/t16-,18-,19-/m1/s1. The van der Waals surface area contributed by atoms with Gasteiger partial charge in [0.2, 0.25) is 0 Å². The second-order valence-corrected chi connectivity index (χ2v) is 7.50. The van der Waals surface area contributed by atoms with Crippen molar-refractivity contribution in [2.45, 2.75) is 12.6 Å². The molecule has 2 aromatic rings. The minimum absolute atomic E-state index is 0.0492. The average Bonchev–Trinajstić information content (AvgIpc) is 3.23. The molecule has 0 aliphatic carbocycles. The number of rotatable bonds is 5. The molecular formula is C20H22ClN3O2. The summed E-state index contributed by atoms with van der Waals surface area (Å²) in [7, 11) is 0. The van der Waals surface area contributed by atoms with Crippen molar-refractivity contribution in [2.75, 3.05) is 26.2 Å². The Balaban J connectivity index is 1.30. The fourth-order valence-corrected chi connectivity index (χ4v) is 4.02. The Morgan fingerprint density at radius 2 is 1.96 bits per heavy atom. The van der Waals surface area contributed by atoms with E-state index in [4.69, 9.17) is 16.3 Å². The number of likely N-dealkylation sites (tertiary alicyclic amines) is 1. The third kappa shape index (κ3) is 3.90. The number of hydrogen-bond donors (Lipinski definition) is 1. The van der Waals surface area contributed by atoms with E-state index in [0.29, 0.717) is 23.9 Å². The Labute approximate surface area is 158 Å². The lowest BCUT2D eigenvalue weighted by molar-refractivity contribution is 0.0903. The van der Waals surface area contributed by atoms with Crippen LogP contribution >= 0.6 is 11.6 Å². The zero-order chi connectivity index (χ0) is 17.9. The van der Waals surface area contributed by atoms with Gasteiger partial charge in [-0.05, 0) is 29.8 Å². The van der Waals surface area contributed by atoms with E-state index < -0.39 is 0 Å². The fraction of sp³-hybridized carbons (Fsp3) is 0.400.